The minimum Gasteiger partial charge on any atom is -0.264 e. The monoisotopic (exact) mass is 241 g/mol. The maximum Gasteiger partial charge on any atom is 0.182 e. The van der Waals surface area contributed by atoms with E-state index in [0.717, 1.165) is 11.4 Å². The SMILES string of the molecule is C[C@@H](c1nc(-c2cccnc2)n[nH]1)n1cncn1. The topological polar surface area (TPSA) is 85.2 Å². The van der Waals surface area contributed by atoms with Crippen molar-refractivity contribution in [2.24, 2.45) is 0 Å². The highest BCUT2D eigenvalue weighted by Crippen LogP contribution is 2.16. The predicted molar refractivity (Wildman–Crippen MR) is 63.4 cm³/mol. The normalized spacial score (nSPS) is 12.5. The number of nitrogens with one attached hydrogen (secondary N) is 1. The van der Waals surface area contributed by atoms with Crippen molar-refractivity contribution in [3.05, 3.63) is 43.0 Å². The van der Waals surface area contributed by atoms with E-state index in [-0.39, 0.29) is 6.04 Å². The summed E-state index contributed by atoms with van der Waals surface area (Å²) in [6, 6.07) is 3.73. The Morgan fingerprint density at radius 2 is 2.28 bits per heavy atom. The number of aromatic amines is 1. The third-order valence-corrected chi connectivity index (χ3v) is 2.65. The number of nitrogens with zero attached hydrogens (tertiary/aromatic N) is 6. The van der Waals surface area contributed by atoms with Crippen LogP contribution in [-0.4, -0.2) is 34.9 Å². The fourth-order valence-corrected chi connectivity index (χ4v) is 1.63. The van der Waals surface area contributed by atoms with Crippen LogP contribution in [0.4, 0.5) is 0 Å². The van der Waals surface area contributed by atoms with Gasteiger partial charge in [0.15, 0.2) is 5.82 Å². The largest absolute Gasteiger partial charge is 0.264 e. The summed E-state index contributed by atoms with van der Waals surface area (Å²) in [6.07, 6.45) is 6.59. The number of pyridine rings is 1. The minimum absolute atomic E-state index is 0.0366. The molecule has 1 atom stereocenters. The van der Waals surface area contributed by atoms with Gasteiger partial charge in [-0.1, -0.05) is 0 Å². The smallest absolute Gasteiger partial charge is 0.182 e. The Hall–Kier alpha value is -2.57. The lowest BCUT2D eigenvalue weighted by atomic mass is 10.3. The molecule has 90 valence electrons. The predicted octanol–water partition coefficient (Wildman–Crippen LogP) is 1.07. The summed E-state index contributed by atoms with van der Waals surface area (Å²) in [6.45, 7) is 1.97. The molecule has 0 amide bonds. The van der Waals surface area contributed by atoms with Gasteiger partial charge in [0.2, 0.25) is 0 Å². The van der Waals surface area contributed by atoms with E-state index in [4.69, 9.17) is 0 Å². The van der Waals surface area contributed by atoms with Gasteiger partial charge in [0.25, 0.3) is 0 Å². The van der Waals surface area contributed by atoms with Gasteiger partial charge < -0.3 is 0 Å². The second-order valence-corrected chi connectivity index (χ2v) is 3.84. The van der Waals surface area contributed by atoms with Crippen molar-refractivity contribution in [2.75, 3.05) is 0 Å². The quantitative estimate of drug-likeness (QED) is 0.741. The maximum absolute atomic E-state index is 4.44. The van der Waals surface area contributed by atoms with Gasteiger partial charge in [-0.25, -0.2) is 14.6 Å². The van der Waals surface area contributed by atoms with E-state index in [1.807, 2.05) is 19.1 Å². The lowest BCUT2D eigenvalue weighted by molar-refractivity contribution is 0.536. The lowest BCUT2D eigenvalue weighted by Gasteiger charge is -2.06. The van der Waals surface area contributed by atoms with E-state index >= 15 is 0 Å². The molecule has 1 N–H and O–H groups in total. The van der Waals surface area contributed by atoms with Crippen LogP contribution in [0, 0.1) is 0 Å². The van der Waals surface area contributed by atoms with Crippen LogP contribution in [0.2, 0.25) is 0 Å². The molecule has 0 radical (unpaired) electrons. The molecule has 0 aliphatic heterocycles. The number of aromatic nitrogens is 7. The zero-order chi connectivity index (χ0) is 12.4. The van der Waals surface area contributed by atoms with E-state index in [1.54, 1.807) is 23.4 Å². The van der Waals surface area contributed by atoms with Gasteiger partial charge in [-0.15, -0.1) is 0 Å². The molecule has 3 aromatic heterocycles. The molecule has 0 spiro atoms. The van der Waals surface area contributed by atoms with Gasteiger partial charge >= 0.3 is 0 Å². The molecule has 0 fully saturated rings. The molecular weight excluding hydrogens is 230 g/mol. The molecule has 0 unspecified atom stereocenters. The number of hydrogen-bond donors (Lipinski definition) is 1. The van der Waals surface area contributed by atoms with Crippen LogP contribution < -0.4 is 0 Å². The van der Waals surface area contributed by atoms with Crippen molar-refractivity contribution in [3.8, 4) is 11.4 Å². The summed E-state index contributed by atoms with van der Waals surface area (Å²) in [4.78, 5) is 12.4. The summed E-state index contributed by atoms with van der Waals surface area (Å²) >= 11 is 0. The Kier molecular flexibility index (Phi) is 2.56. The fourth-order valence-electron chi connectivity index (χ4n) is 1.63. The molecule has 3 rings (SSSR count). The zero-order valence-corrected chi connectivity index (χ0v) is 9.72. The molecule has 0 bridgehead atoms. The standard InChI is InChI=1S/C11H11N7/c1-8(18-7-13-6-14-18)10-15-11(17-16-10)9-3-2-4-12-5-9/h2-8H,1H3,(H,15,16,17)/t8-/m0/s1. The van der Waals surface area contributed by atoms with E-state index in [0.29, 0.717) is 5.82 Å². The van der Waals surface area contributed by atoms with Crippen molar-refractivity contribution >= 4 is 0 Å². The Morgan fingerprint density at radius 1 is 1.33 bits per heavy atom. The minimum atomic E-state index is -0.0366. The first kappa shape index (κ1) is 10.6. The van der Waals surface area contributed by atoms with Crippen LogP contribution in [0.3, 0.4) is 0 Å². The molecule has 7 nitrogen and oxygen atoms in total. The van der Waals surface area contributed by atoms with E-state index < -0.39 is 0 Å². The highest BCUT2D eigenvalue weighted by molar-refractivity contribution is 5.52. The van der Waals surface area contributed by atoms with Gasteiger partial charge in [-0.05, 0) is 19.1 Å². The van der Waals surface area contributed by atoms with Crippen LogP contribution in [0.15, 0.2) is 37.2 Å². The van der Waals surface area contributed by atoms with E-state index in [9.17, 15) is 0 Å². The van der Waals surface area contributed by atoms with Crippen LogP contribution in [0.25, 0.3) is 11.4 Å². The van der Waals surface area contributed by atoms with Gasteiger partial charge in [-0.2, -0.15) is 10.2 Å². The summed E-state index contributed by atoms with van der Waals surface area (Å²) in [5, 5.41) is 11.2. The number of rotatable bonds is 3. The lowest BCUT2D eigenvalue weighted by Crippen LogP contribution is -2.08. The van der Waals surface area contributed by atoms with E-state index in [1.165, 1.54) is 6.33 Å². The average Bonchev–Trinajstić information content (AvgIpc) is 3.10. The summed E-state index contributed by atoms with van der Waals surface area (Å²) in [5.41, 5.74) is 0.880. The van der Waals surface area contributed by atoms with E-state index in [2.05, 4.69) is 30.2 Å². The first-order valence-corrected chi connectivity index (χ1v) is 5.51. The molecule has 0 aliphatic rings. The Bertz CT molecular complexity index is 614. The van der Waals surface area contributed by atoms with Crippen molar-refractivity contribution < 1.29 is 0 Å². The first-order valence-electron chi connectivity index (χ1n) is 5.51. The van der Waals surface area contributed by atoms with Gasteiger partial charge in [0.1, 0.15) is 24.5 Å². The second-order valence-electron chi connectivity index (χ2n) is 3.84. The zero-order valence-electron chi connectivity index (χ0n) is 9.72. The average molecular weight is 241 g/mol. The fraction of sp³-hybridized carbons (Fsp3) is 0.182. The van der Waals surface area contributed by atoms with Gasteiger partial charge in [0, 0.05) is 18.0 Å². The Balaban J connectivity index is 1.90. The highest BCUT2D eigenvalue weighted by atomic mass is 15.4. The molecule has 0 saturated carbocycles. The van der Waals surface area contributed by atoms with Crippen molar-refractivity contribution in [2.45, 2.75) is 13.0 Å². The molecule has 3 heterocycles. The number of hydrogen-bond acceptors (Lipinski definition) is 5. The van der Waals surface area contributed by atoms with Crippen molar-refractivity contribution in [3.63, 3.8) is 0 Å². The summed E-state index contributed by atoms with van der Waals surface area (Å²) in [5.74, 6) is 1.37. The second kappa shape index (κ2) is 4.36. The maximum atomic E-state index is 4.44. The third-order valence-electron chi connectivity index (χ3n) is 2.65. The molecule has 0 aromatic carbocycles. The molecule has 0 aliphatic carbocycles. The molecule has 3 aromatic rings. The highest BCUT2D eigenvalue weighted by Gasteiger charge is 2.14. The van der Waals surface area contributed by atoms with Crippen LogP contribution in [0.5, 0.6) is 0 Å². The van der Waals surface area contributed by atoms with Gasteiger partial charge in [-0.3, -0.25) is 10.1 Å². The van der Waals surface area contributed by atoms with Crippen LogP contribution >= 0.6 is 0 Å². The molecular formula is C11H11N7. The number of H-pyrrole nitrogens is 1. The Labute approximate surface area is 103 Å². The molecule has 7 heteroatoms. The van der Waals surface area contributed by atoms with Crippen molar-refractivity contribution in [1.82, 2.24) is 34.9 Å². The first-order chi connectivity index (χ1) is 8.84. The Morgan fingerprint density at radius 3 is 3.00 bits per heavy atom. The van der Waals surface area contributed by atoms with Gasteiger partial charge in [0.05, 0.1) is 0 Å². The van der Waals surface area contributed by atoms with Crippen LogP contribution in [-0.2, 0) is 0 Å². The summed E-state index contributed by atoms with van der Waals surface area (Å²) < 4.78 is 1.72. The summed E-state index contributed by atoms with van der Waals surface area (Å²) in [7, 11) is 0. The molecule has 18 heavy (non-hydrogen) atoms. The van der Waals surface area contributed by atoms with Crippen LogP contribution in [0.1, 0.15) is 18.8 Å². The molecule has 0 saturated heterocycles. The van der Waals surface area contributed by atoms with Crippen molar-refractivity contribution in [1.29, 1.82) is 0 Å². The third kappa shape index (κ3) is 1.86.